The second-order valence-corrected chi connectivity index (χ2v) is 5.08. The molecule has 1 aromatic carbocycles. The molecule has 1 unspecified atom stereocenters. The maximum absolute atomic E-state index is 11.9. The Morgan fingerprint density at radius 3 is 2.50 bits per heavy atom. The van der Waals surface area contributed by atoms with E-state index < -0.39 is 0 Å². The van der Waals surface area contributed by atoms with Gasteiger partial charge in [0, 0.05) is 24.5 Å². The van der Waals surface area contributed by atoms with Crippen molar-refractivity contribution in [3.8, 4) is 0 Å². The third-order valence-electron chi connectivity index (χ3n) is 3.08. The van der Waals surface area contributed by atoms with Gasteiger partial charge in [0.15, 0.2) is 0 Å². The largest absolute Gasteiger partial charge is 0.334 e. The molecule has 1 atom stereocenters. The average Bonchev–Trinajstić information content (AvgIpc) is 2.49. The smallest absolute Gasteiger partial charge is 0.238 e. The summed E-state index contributed by atoms with van der Waals surface area (Å²) in [7, 11) is 1.73. The molecule has 0 saturated carbocycles. The zero-order valence-electron chi connectivity index (χ0n) is 11.0. The number of carbonyl (C=O) groups is 1. The predicted molar refractivity (Wildman–Crippen MR) is 81.0 cm³/mol. The molecule has 0 N–H and O–H groups in total. The van der Waals surface area contributed by atoms with Crippen molar-refractivity contribution < 1.29 is 4.79 Å². The predicted octanol–water partition coefficient (Wildman–Crippen LogP) is 3.52. The van der Waals surface area contributed by atoms with E-state index in [1.54, 1.807) is 36.5 Å². The molecule has 2 aromatic rings. The first-order valence-corrected chi connectivity index (χ1v) is 7.01. The Bertz CT molecular complexity index is 572. The first kappa shape index (κ1) is 14.8. The summed E-state index contributed by atoms with van der Waals surface area (Å²) in [6, 6.07) is 11.0. The number of amides is 1. The highest BCUT2D eigenvalue weighted by Crippen LogP contribution is 2.28. The Hall–Kier alpha value is -1.58. The van der Waals surface area contributed by atoms with Gasteiger partial charge in [-0.3, -0.25) is 9.78 Å². The van der Waals surface area contributed by atoms with Crippen LogP contribution < -0.4 is 0 Å². The van der Waals surface area contributed by atoms with Gasteiger partial charge in [0.1, 0.15) is 5.88 Å². The van der Waals surface area contributed by atoms with Crippen molar-refractivity contribution >= 4 is 29.1 Å². The van der Waals surface area contributed by atoms with Crippen LogP contribution >= 0.6 is 23.2 Å². The first-order chi connectivity index (χ1) is 9.63. The molecule has 0 aliphatic heterocycles. The number of hydrogen-bond acceptors (Lipinski definition) is 2. The number of pyridine rings is 1. The SMILES string of the molecule is CN(C(=O)CCl)C(c1ccc(Cl)cc1)c1cccnc1. The lowest BCUT2D eigenvalue weighted by Gasteiger charge is -2.28. The molecular formula is C15H14Cl2N2O. The van der Waals surface area contributed by atoms with Crippen LogP contribution in [0.15, 0.2) is 48.8 Å². The lowest BCUT2D eigenvalue weighted by Crippen LogP contribution is -2.32. The maximum Gasteiger partial charge on any atom is 0.238 e. The molecule has 1 amide bonds. The van der Waals surface area contributed by atoms with Gasteiger partial charge in [-0.25, -0.2) is 0 Å². The van der Waals surface area contributed by atoms with Crippen LogP contribution in [0.5, 0.6) is 0 Å². The number of benzene rings is 1. The highest BCUT2D eigenvalue weighted by Gasteiger charge is 2.23. The van der Waals surface area contributed by atoms with Crippen molar-refractivity contribution in [1.82, 2.24) is 9.88 Å². The minimum atomic E-state index is -0.229. The molecule has 0 radical (unpaired) electrons. The lowest BCUT2D eigenvalue weighted by molar-refractivity contribution is -0.128. The molecule has 0 aliphatic rings. The summed E-state index contributed by atoms with van der Waals surface area (Å²) in [5.74, 6) is -0.198. The lowest BCUT2D eigenvalue weighted by atomic mass is 9.99. The Balaban J connectivity index is 2.44. The van der Waals surface area contributed by atoms with Gasteiger partial charge in [-0.1, -0.05) is 29.8 Å². The number of nitrogens with zero attached hydrogens (tertiary/aromatic N) is 2. The molecular weight excluding hydrogens is 295 g/mol. The minimum absolute atomic E-state index is 0.0547. The van der Waals surface area contributed by atoms with Gasteiger partial charge in [-0.15, -0.1) is 11.6 Å². The summed E-state index contributed by atoms with van der Waals surface area (Å²) < 4.78 is 0. The third kappa shape index (κ3) is 3.30. The normalized spacial score (nSPS) is 11.9. The minimum Gasteiger partial charge on any atom is -0.334 e. The standard InChI is InChI=1S/C15H14Cl2N2O/c1-19(14(20)9-16)15(12-3-2-8-18-10-12)11-4-6-13(17)7-5-11/h2-8,10,15H,9H2,1H3. The van der Waals surface area contributed by atoms with E-state index in [1.807, 2.05) is 24.3 Å². The summed E-state index contributed by atoms with van der Waals surface area (Å²) in [6.45, 7) is 0. The maximum atomic E-state index is 11.9. The highest BCUT2D eigenvalue weighted by atomic mass is 35.5. The summed E-state index contributed by atoms with van der Waals surface area (Å²) in [4.78, 5) is 17.7. The van der Waals surface area contributed by atoms with Crippen LogP contribution in [0.4, 0.5) is 0 Å². The summed E-state index contributed by atoms with van der Waals surface area (Å²) in [6.07, 6.45) is 3.45. The van der Waals surface area contributed by atoms with Gasteiger partial charge in [0.05, 0.1) is 6.04 Å². The molecule has 104 valence electrons. The summed E-state index contributed by atoms with van der Waals surface area (Å²) in [5, 5.41) is 0.657. The molecule has 0 spiro atoms. The van der Waals surface area contributed by atoms with Crippen LogP contribution in [0.1, 0.15) is 17.2 Å². The van der Waals surface area contributed by atoms with Crippen LogP contribution in [0.3, 0.4) is 0 Å². The molecule has 2 rings (SSSR count). The first-order valence-electron chi connectivity index (χ1n) is 6.10. The molecule has 1 aromatic heterocycles. The highest BCUT2D eigenvalue weighted by molar-refractivity contribution is 6.30. The number of halogens is 2. The van der Waals surface area contributed by atoms with Gasteiger partial charge in [-0.2, -0.15) is 0 Å². The Morgan fingerprint density at radius 1 is 1.25 bits per heavy atom. The van der Waals surface area contributed by atoms with Crippen molar-refractivity contribution in [3.63, 3.8) is 0 Å². The van der Waals surface area contributed by atoms with Crippen molar-refractivity contribution in [2.75, 3.05) is 12.9 Å². The van der Waals surface area contributed by atoms with Crippen LogP contribution in [0.25, 0.3) is 0 Å². The molecule has 5 heteroatoms. The van der Waals surface area contributed by atoms with E-state index in [9.17, 15) is 4.79 Å². The summed E-state index contributed by atoms with van der Waals surface area (Å²) >= 11 is 11.6. The molecule has 20 heavy (non-hydrogen) atoms. The molecule has 0 fully saturated rings. The van der Waals surface area contributed by atoms with Crippen molar-refractivity contribution in [2.24, 2.45) is 0 Å². The van der Waals surface area contributed by atoms with Gasteiger partial charge in [0.2, 0.25) is 5.91 Å². The molecule has 0 aliphatic carbocycles. The van der Waals surface area contributed by atoms with Crippen molar-refractivity contribution in [3.05, 3.63) is 64.9 Å². The van der Waals surface area contributed by atoms with Gasteiger partial charge >= 0.3 is 0 Å². The Kier molecular flexibility index (Phi) is 4.99. The number of aromatic nitrogens is 1. The number of carbonyl (C=O) groups excluding carboxylic acids is 1. The second-order valence-electron chi connectivity index (χ2n) is 4.38. The monoisotopic (exact) mass is 308 g/mol. The van der Waals surface area contributed by atoms with Gasteiger partial charge in [-0.05, 0) is 29.3 Å². The zero-order valence-corrected chi connectivity index (χ0v) is 12.5. The van der Waals surface area contributed by atoms with E-state index in [-0.39, 0.29) is 17.8 Å². The number of hydrogen-bond donors (Lipinski definition) is 0. The molecule has 0 bridgehead atoms. The molecule has 0 saturated heterocycles. The fourth-order valence-corrected chi connectivity index (χ4v) is 2.38. The molecule has 3 nitrogen and oxygen atoms in total. The van der Waals surface area contributed by atoms with Crippen molar-refractivity contribution in [2.45, 2.75) is 6.04 Å². The van der Waals surface area contributed by atoms with Crippen LogP contribution in [0.2, 0.25) is 5.02 Å². The van der Waals surface area contributed by atoms with Gasteiger partial charge in [0.25, 0.3) is 0 Å². The topological polar surface area (TPSA) is 33.2 Å². The Labute approximate surface area is 128 Å². The van der Waals surface area contributed by atoms with E-state index >= 15 is 0 Å². The van der Waals surface area contributed by atoms with Crippen LogP contribution in [0, 0.1) is 0 Å². The van der Waals surface area contributed by atoms with E-state index in [1.165, 1.54) is 0 Å². The van der Waals surface area contributed by atoms with Crippen LogP contribution in [-0.2, 0) is 4.79 Å². The quantitative estimate of drug-likeness (QED) is 0.810. The van der Waals surface area contributed by atoms with Gasteiger partial charge < -0.3 is 4.90 Å². The Morgan fingerprint density at radius 2 is 1.95 bits per heavy atom. The van der Waals surface area contributed by atoms with Crippen molar-refractivity contribution in [1.29, 1.82) is 0 Å². The number of rotatable bonds is 4. The van der Waals surface area contributed by atoms with E-state index in [0.717, 1.165) is 11.1 Å². The second kappa shape index (κ2) is 6.73. The number of alkyl halides is 1. The fourth-order valence-electron chi connectivity index (χ4n) is 2.06. The van der Waals surface area contributed by atoms with E-state index in [4.69, 9.17) is 23.2 Å². The van der Waals surface area contributed by atoms with E-state index in [2.05, 4.69) is 4.98 Å². The average molecular weight is 309 g/mol. The molecule has 1 heterocycles. The van der Waals surface area contributed by atoms with E-state index in [0.29, 0.717) is 5.02 Å². The van der Waals surface area contributed by atoms with Crippen LogP contribution in [-0.4, -0.2) is 28.7 Å². The zero-order chi connectivity index (χ0) is 14.5. The third-order valence-corrected chi connectivity index (χ3v) is 3.56. The summed E-state index contributed by atoms with van der Waals surface area (Å²) in [5.41, 5.74) is 1.89. The fraction of sp³-hybridized carbons (Fsp3) is 0.200.